The van der Waals surface area contributed by atoms with Crippen LogP contribution in [-0.4, -0.2) is 41.7 Å². The summed E-state index contributed by atoms with van der Waals surface area (Å²) < 4.78 is 5.60. The summed E-state index contributed by atoms with van der Waals surface area (Å²) in [5, 5.41) is 17.7. The summed E-state index contributed by atoms with van der Waals surface area (Å²) in [6, 6.07) is 9.68. The van der Waals surface area contributed by atoms with Crippen LogP contribution in [0.1, 0.15) is 59.3 Å². The lowest BCUT2D eigenvalue weighted by Gasteiger charge is -2.56. The van der Waals surface area contributed by atoms with Crippen LogP contribution in [0, 0.1) is 29.1 Å². The number of carbonyl (C=O) groups is 2. The molecule has 0 radical (unpaired) electrons. The summed E-state index contributed by atoms with van der Waals surface area (Å²) in [6.45, 7) is 6.37. The van der Waals surface area contributed by atoms with E-state index in [0.717, 1.165) is 38.5 Å². The van der Waals surface area contributed by atoms with Crippen molar-refractivity contribution in [3.05, 3.63) is 30.3 Å². The van der Waals surface area contributed by atoms with Crippen molar-refractivity contribution < 1.29 is 19.4 Å². The molecule has 3 saturated carbocycles. The first-order valence-corrected chi connectivity index (χ1v) is 12.2. The highest BCUT2D eigenvalue weighted by Gasteiger charge is 2.54. The third kappa shape index (κ3) is 4.95. The quantitative estimate of drug-likeness (QED) is 0.605. The van der Waals surface area contributed by atoms with E-state index in [4.69, 9.17) is 4.74 Å². The lowest BCUT2D eigenvalue weighted by Crippen LogP contribution is -2.59. The topological polar surface area (TPSA) is 87.7 Å². The molecule has 3 aliphatic carbocycles. The van der Waals surface area contributed by atoms with Crippen molar-refractivity contribution in [3.8, 4) is 5.75 Å². The van der Waals surface area contributed by atoms with Gasteiger partial charge in [0.05, 0.1) is 6.10 Å². The lowest BCUT2D eigenvalue weighted by atomic mass is 9.51. The predicted octanol–water partition coefficient (Wildman–Crippen LogP) is 3.29. The molecule has 3 N–H and O–H groups in total. The van der Waals surface area contributed by atoms with Crippen LogP contribution in [0.2, 0.25) is 0 Å². The molecule has 32 heavy (non-hydrogen) atoms. The van der Waals surface area contributed by atoms with E-state index in [9.17, 15) is 14.7 Å². The number of fused-ring (bicyclic) bond motifs is 1. The molecule has 0 aliphatic heterocycles. The number of hydrogen-bond donors (Lipinski definition) is 3. The fourth-order valence-electron chi connectivity index (χ4n) is 6.17. The third-order valence-corrected chi connectivity index (χ3v) is 8.33. The Kier molecular flexibility index (Phi) is 6.80. The second-order valence-electron chi connectivity index (χ2n) is 10.6. The largest absolute Gasteiger partial charge is 0.484 e. The normalized spacial score (nSPS) is 35.3. The minimum Gasteiger partial charge on any atom is -0.484 e. The first-order chi connectivity index (χ1) is 15.3. The van der Waals surface area contributed by atoms with Crippen molar-refractivity contribution in [2.45, 2.75) is 77.5 Å². The lowest BCUT2D eigenvalue weighted by molar-refractivity contribution is -0.144. The maximum Gasteiger partial charge on any atom is 0.258 e. The molecule has 176 valence electrons. The predicted molar refractivity (Wildman–Crippen MR) is 123 cm³/mol. The van der Waals surface area contributed by atoms with Crippen LogP contribution < -0.4 is 15.4 Å². The zero-order chi connectivity index (χ0) is 22.9. The molecule has 7 atom stereocenters. The van der Waals surface area contributed by atoms with Gasteiger partial charge in [0, 0.05) is 18.0 Å². The molecule has 0 aromatic heterocycles. The van der Waals surface area contributed by atoms with Gasteiger partial charge in [0.1, 0.15) is 5.75 Å². The molecule has 6 nitrogen and oxygen atoms in total. The molecule has 0 bridgehead atoms. The smallest absolute Gasteiger partial charge is 0.258 e. The van der Waals surface area contributed by atoms with E-state index in [1.807, 2.05) is 37.3 Å². The Morgan fingerprint density at radius 2 is 1.81 bits per heavy atom. The van der Waals surface area contributed by atoms with Crippen molar-refractivity contribution in [2.75, 3.05) is 6.61 Å². The highest BCUT2D eigenvalue weighted by molar-refractivity contribution is 5.79. The maximum absolute atomic E-state index is 12.7. The Balaban J connectivity index is 1.37. The average Bonchev–Trinajstić information content (AvgIpc) is 3.59. The van der Waals surface area contributed by atoms with Gasteiger partial charge in [-0.05, 0) is 73.8 Å². The number of rotatable bonds is 7. The van der Waals surface area contributed by atoms with Gasteiger partial charge in [0.25, 0.3) is 5.91 Å². The van der Waals surface area contributed by atoms with Gasteiger partial charge < -0.3 is 20.5 Å². The van der Waals surface area contributed by atoms with Crippen LogP contribution in [0.25, 0.3) is 0 Å². The van der Waals surface area contributed by atoms with E-state index in [0.29, 0.717) is 11.8 Å². The van der Waals surface area contributed by atoms with Gasteiger partial charge in [-0.2, -0.15) is 0 Å². The van der Waals surface area contributed by atoms with E-state index >= 15 is 0 Å². The van der Waals surface area contributed by atoms with E-state index in [-0.39, 0.29) is 53.5 Å². The molecular formula is C26H38N2O4. The first-order valence-electron chi connectivity index (χ1n) is 12.2. The minimum atomic E-state index is -0.538. The van der Waals surface area contributed by atoms with Gasteiger partial charge in [-0.15, -0.1) is 0 Å². The van der Waals surface area contributed by atoms with E-state index in [1.54, 1.807) is 0 Å². The van der Waals surface area contributed by atoms with Crippen LogP contribution in [-0.2, 0) is 9.59 Å². The highest BCUT2D eigenvalue weighted by atomic mass is 16.5. The molecule has 6 heteroatoms. The zero-order valence-electron chi connectivity index (χ0n) is 19.5. The maximum atomic E-state index is 12.7. The van der Waals surface area contributed by atoms with E-state index in [2.05, 4.69) is 24.5 Å². The van der Waals surface area contributed by atoms with Crippen LogP contribution in [0.3, 0.4) is 0 Å². The Morgan fingerprint density at radius 1 is 1.12 bits per heavy atom. The number of carbonyl (C=O) groups excluding carboxylic acids is 2. The number of hydrogen-bond acceptors (Lipinski definition) is 4. The summed E-state index contributed by atoms with van der Waals surface area (Å²) in [4.78, 5) is 25.2. The number of aliphatic hydroxyl groups is 1. The molecule has 0 spiro atoms. The fourth-order valence-corrected chi connectivity index (χ4v) is 6.17. The van der Waals surface area contributed by atoms with Gasteiger partial charge in [0.15, 0.2) is 6.61 Å². The van der Waals surface area contributed by atoms with Crippen molar-refractivity contribution in [3.63, 3.8) is 0 Å². The highest BCUT2D eigenvalue weighted by Crippen LogP contribution is 2.55. The average molecular weight is 443 g/mol. The number of nitrogens with one attached hydrogen (secondary N) is 2. The number of aliphatic hydroxyl groups excluding tert-OH is 1. The zero-order valence-corrected chi connectivity index (χ0v) is 19.5. The Morgan fingerprint density at radius 3 is 2.50 bits per heavy atom. The summed E-state index contributed by atoms with van der Waals surface area (Å²) in [5.41, 5.74) is 0.0454. The van der Waals surface area contributed by atoms with Crippen molar-refractivity contribution in [1.82, 2.24) is 10.6 Å². The minimum absolute atomic E-state index is 0.00365. The van der Waals surface area contributed by atoms with Crippen molar-refractivity contribution in [1.29, 1.82) is 0 Å². The molecule has 3 aliphatic rings. The van der Waals surface area contributed by atoms with Gasteiger partial charge >= 0.3 is 0 Å². The molecule has 1 aromatic carbocycles. The van der Waals surface area contributed by atoms with Crippen molar-refractivity contribution >= 4 is 11.8 Å². The van der Waals surface area contributed by atoms with Crippen LogP contribution in [0.5, 0.6) is 5.75 Å². The first kappa shape index (κ1) is 23.1. The number of benzene rings is 1. The van der Waals surface area contributed by atoms with Gasteiger partial charge in [-0.1, -0.05) is 39.0 Å². The van der Waals surface area contributed by atoms with Crippen LogP contribution in [0.4, 0.5) is 0 Å². The summed E-state index contributed by atoms with van der Waals surface area (Å²) in [5.74, 6) is 0.579. The summed E-state index contributed by atoms with van der Waals surface area (Å²) in [7, 11) is 0. The SMILES string of the molecule is C[C@H]1[C@@H]2[C@@H](O)[C@H]([C@H](C)C(=O)NC3CC3)CC[C@@]2(C)CC[C@@H]1NC(=O)COc1ccccc1. The fraction of sp³-hybridized carbons (Fsp3) is 0.692. The molecule has 0 unspecified atom stereocenters. The van der Waals surface area contributed by atoms with Gasteiger partial charge in [-0.3, -0.25) is 9.59 Å². The Bertz CT molecular complexity index is 811. The van der Waals surface area contributed by atoms with Gasteiger partial charge in [-0.25, -0.2) is 0 Å². The molecule has 4 rings (SSSR count). The Hall–Kier alpha value is -2.08. The Labute approximate surface area is 191 Å². The third-order valence-electron chi connectivity index (χ3n) is 8.33. The van der Waals surface area contributed by atoms with E-state index in [1.165, 1.54) is 0 Å². The van der Waals surface area contributed by atoms with Crippen LogP contribution in [0.15, 0.2) is 30.3 Å². The monoisotopic (exact) mass is 442 g/mol. The molecule has 2 amide bonds. The van der Waals surface area contributed by atoms with E-state index < -0.39 is 6.10 Å². The second kappa shape index (κ2) is 9.42. The van der Waals surface area contributed by atoms with Crippen molar-refractivity contribution in [2.24, 2.45) is 29.1 Å². The second-order valence-corrected chi connectivity index (χ2v) is 10.6. The molecule has 0 heterocycles. The van der Waals surface area contributed by atoms with Gasteiger partial charge in [0.2, 0.25) is 5.91 Å². The molecular weight excluding hydrogens is 404 g/mol. The molecule has 0 saturated heterocycles. The molecule has 3 fully saturated rings. The summed E-state index contributed by atoms with van der Waals surface area (Å²) in [6.07, 6.45) is 5.37. The number of ether oxygens (including phenoxy) is 1. The molecule has 1 aromatic rings. The number of amides is 2. The summed E-state index contributed by atoms with van der Waals surface area (Å²) >= 11 is 0. The number of para-hydroxylation sites is 1. The van der Waals surface area contributed by atoms with Crippen LogP contribution >= 0.6 is 0 Å². The standard InChI is InChI=1S/C26H38N2O4/c1-16(25(31)27-18-9-10-18)20-11-13-26(3)14-12-21(17(2)23(26)24(20)30)28-22(29)15-32-19-7-5-4-6-8-19/h4-8,16-18,20-21,23-24,30H,9-15H2,1-3H3,(H,27,31)(H,28,29)/t16-,17+,20-,21-,23+,24-,26-/m0/s1.